The van der Waals surface area contributed by atoms with Gasteiger partial charge < -0.3 is 19.2 Å². The number of ether oxygens (including phenoxy) is 3. The van der Waals surface area contributed by atoms with Gasteiger partial charge in [0.25, 0.3) is 11.8 Å². The van der Waals surface area contributed by atoms with Crippen LogP contribution in [0.15, 0.2) is 152 Å². The van der Waals surface area contributed by atoms with Gasteiger partial charge in [-0.25, -0.2) is 4.90 Å². The quantitative estimate of drug-likeness (QED) is 0.0667. The number of carbonyl (C=O) groups excluding carboxylic acids is 2. The number of imide groups is 1. The van der Waals surface area contributed by atoms with Crippen molar-refractivity contribution in [3.8, 4) is 45.8 Å². The van der Waals surface area contributed by atoms with Crippen LogP contribution in [0.1, 0.15) is 165 Å². The molecule has 0 radical (unpaired) electrons. The van der Waals surface area contributed by atoms with Gasteiger partial charge >= 0.3 is 0 Å². The molecule has 9 aromatic carbocycles. The molecule has 402 valence electrons. The van der Waals surface area contributed by atoms with Crippen LogP contribution in [0.4, 0.5) is 5.69 Å². The van der Waals surface area contributed by atoms with Crippen LogP contribution in [0.3, 0.4) is 0 Å². The summed E-state index contributed by atoms with van der Waals surface area (Å²) in [5.74, 6) is 2.86. The molecule has 2 amide bonds. The van der Waals surface area contributed by atoms with Gasteiger partial charge in [0.1, 0.15) is 34.5 Å². The number of para-hydroxylation sites is 1. The van der Waals surface area contributed by atoms with Crippen LogP contribution in [0, 0.1) is 10.8 Å². The molecular weight excluding hydrogens is 973 g/mol. The molecule has 10 aromatic rings. The van der Waals surface area contributed by atoms with Gasteiger partial charge in [-0.2, -0.15) is 0 Å². The van der Waals surface area contributed by atoms with Gasteiger partial charge in [-0.05, 0) is 170 Å². The first-order valence-corrected chi connectivity index (χ1v) is 28.1. The molecule has 0 atom stereocenters. The standard InChI is InChI=1S/C72H74N2O5/c1-42(2)50-18-15-19-51(43(3)4)66(50)74-67(75)55-38-59(78-48-31-25-45(26-32-48)71(11,12)40-69(5,6)7)63-53-21-16-20-52-58(77-47-29-23-44(24-30-47)57-22-17-37-73-57)36-35-54(61(52)53)64-60(39-56(68(74)76)62(55)65(63)64)79-49-33-27-46(28-34-49)72(13,14)41-70(8,9)10/h15-39,42-43,73H,40-41H2,1-14H3. The monoisotopic (exact) mass is 1050 g/mol. The minimum atomic E-state index is -0.397. The average Bonchev–Trinajstić information content (AvgIpc) is 2.44. The van der Waals surface area contributed by atoms with E-state index in [0.29, 0.717) is 56.7 Å². The first-order chi connectivity index (χ1) is 37.4. The van der Waals surface area contributed by atoms with E-state index in [2.05, 4.69) is 163 Å². The van der Waals surface area contributed by atoms with Crippen molar-refractivity contribution in [3.05, 3.63) is 185 Å². The summed E-state index contributed by atoms with van der Waals surface area (Å²) >= 11 is 0. The lowest BCUT2D eigenvalue weighted by atomic mass is 9.72. The van der Waals surface area contributed by atoms with Crippen molar-refractivity contribution in [2.45, 2.75) is 132 Å². The summed E-state index contributed by atoms with van der Waals surface area (Å²) in [5.41, 5.74) is 7.84. The predicted molar refractivity (Wildman–Crippen MR) is 327 cm³/mol. The number of hydrogen-bond donors (Lipinski definition) is 1. The summed E-state index contributed by atoms with van der Waals surface area (Å²) in [6.07, 6.45) is 3.92. The van der Waals surface area contributed by atoms with E-state index in [9.17, 15) is 0 Å². The van der Waals surface area contributed by atoms with Crippen molar-refractivity contribution in [2.75, 3.05) is 4.90 Å². The Morgan fingerprint density at radius 2 is 0.886 bits per heavy atom. The molecule has 0 aliphatic carbocycles. The van der Waals surface area contributed by atoms with E-state index in [0.717, 1.165) is 72.9 Å². The summed E-state index contributed by atoms with van der Waals surface area (Å²) in [5, 5.41) is 6.44. The molecule has 0 spiro atoms. The van der Waals surface area contributed by atoms with Crippen LogP contribution >= 0.6 is 0 Å². The van der Waals surface area contributed by atoms with E-state index < -0.39 is 11.8 Å². The van der Waals surface area contributed by atoms with E-state index in [4.69, 9.17) is 14.2 Å². The van der Waals surface area contributed by atoms with E-state index in [1.807, 2.05) is 91.1 Å². The van der Waals surface area contributed by atoms with Crippen LogP contribution in [-0.2, 0) is 10.8 Å². The van der Waals surface area contributed by atoms with Crippen molar-refractivity contribution in [1.82, 2.24) is 4.98 Å². The SMILES string of the molecule is CC(C)c1cccc(C(C)C)c1N1C(=O)c2cc(Oc3ccc(C(C)(C)CC(C)(C)C)cc3)c3c4cccc5c(Oc6ccc(-c7ccc[nH]7)cc6)ccc(c6c(Oc7ccc(C(C)(C)CC(C)(C)C)cc7)cc(c2c36)C1=O)c54. The van der Waals surface area contributed by atoms with E-state index in [1.165, 1.54) is 16.0 Å². The number of fused-ring (bicyclic) bond motifs is 2. The molecule has 0 saturated heterocycles. The number of aromatic nitrogens is 1. The van der Waals surface area contributed by atoms with Crippen molar-refractivity contribution in [1.29, 1.82) is 0 Å². The maximum atomic E-state index is 15.9. The van der Waals surface area contributed by atoms with E-state index in [1.54, 1.807) is 0 Å². The fraction of sp³-hybridized carbons (Fsp3) is 0.306. The number of benzene rings is 9. The number of anilines is 1. The number of hydrogen-bond acceptors (Lipinski definition) is 5. The lowest BCUT2D eigenvalue weighted by Gasteiger charge is -2.34. The highest BCUT2D eigenvalue weighted by molar-refractivity contribution is 6.44. The van der Waals surface area contributed by atoms with E-state index in [-0.39, 0.29) is 33.5 Å². The fourth-order valence-corrected chi connectivity index (χ4v) is 13.2. The minimum absolute atomic E-state index is 0.0196. The Bertz CT molecular complexity index is 3790. The summed E-state index contributed by atoms with van der Waals surface area (Å²) in [4.78, 5) is 36.5. The highest BCUT2D eigenvalue weighted by atomic mass is 16.5. The Morgan fingerprint density at radius 1 is 0.443 bits per heavy atom. The third-order valence-electron chi connectivity index (χ3n) is 16.0. The Kier molecular flexibility index (Phi) is 13.1. The third-order valence-corrected chi connectivity index (χ3v) is 16.0. The number of nitrogens with zero attached hydrogens (tertiary/aromatic N) is 1. The zero-order chi connectivity index (χ0) is 56.1. The molecule has 0 saturated carbocycles. The molecule has 79 heavy (non-hydrogen) atoms. The average molecular weight is 1050 g/mol. The molecular formula is C72H74N2O5. The topological polar surface area (TPSA) is 80.9 Å². The van der Waals surface area contributed by atoms with Crippen LogP contribution in [-0.4, -0.2) is 16.8 Å². The summed E-state index contributed by atoms with van der Waals surface area (Å²) < 4.78 is 21.3. The van der Waals surface area contributed by atoms with Crippen LogP contribution < -0.4 is 19.1 Å². The Hall–Kier alpha value is -7.90. The number of amides is 2. The molecule has 2 heterocycles. The fourth-order valence-electron chi connectivity index (χ4n) is 13.2. The second kappa shape index (κ2) is 19.5. The van der Waals surface area contributed by atoms with Crippen LogP contribution in [0.5, 0.6) is 34.5 Å². The summed E-state index contributed by atoms with van der Waals surface area (Å²) in [6.45, 7) is 31.3. The normalized spacial score (nSPS) is 13.5. The Labute approximate surface area is 466 Å². The number of nitrogens with one attached hydrogen (secondary N) is 1. The van der Waals surface area contributed by atoms with Crippen molar-refractivity contribution < 1.29 is 23.8 Å². The molecule has 0 unspecified atom stereocenters. The molecule has 1 aliphatic heterocycles. The molecule has 11 rings (SSSR count). The van der Waals surface area contributed by atoms with Crippen molar-refractivity contribution in [2.24, 2.45) is 10.8 Å². The first kappa shape index (κ1) is 53.1. The molecule has 7 heteroatoms. The third kappa shape index (κ3) is 9.80. The summed E-state index contributed by atoms with van der Waals surface area (Å²) in [6, 6.07) is 49.2. The minimum Gasteiger partial charge on any atom is -0.457 e. The highest BCUT2D eigenvalue weighted by Gasteiger charge is 2.40. The van der Waals surface area contributed by atoms with Gasteiger partial charge in [-0.15, -0.1) is 0 Å². The summed E-state index contributed by atoms with van der Waals surface area (Å²) in [7, 11) is 0. The number of rotatable bonds is 14. The lowest BCUT2D eigenvalue weighted by Crippen LogP contribution is -2.42. The van der Waals surface area contributed by atoms with Crippen molar-refractivity contribution in [3.63, 3.8) is 0 Å². The number of carbonyl (C=O) groups is 2. The zero-order valence-corrected chi connectivity index (χ0v) is 48.5. The van der Waals surface area contributed by atoms with Crippen molar-refractivity contribution >= 4 is 60.6 Å². The predicted octanol–water partition coefficient (Wildman–Crippen LogP) is 20.6. The van der Waals surface area contributed by atoms with Gasteiger partial charge in [-0.1, -0.05) is 158 Å². The number of H-pyrrole nitrogens is 1. The second-order valence-corrected chi connectivity index (χ2v) is 26.4. The maximum Gasteiger partial charge on any atom is 0.266 e. The van der Waals surface area contributed by atoms with Gasteiger partial charge in [0.2, 0.25) is 0 Å². The molecule has 1 aliphatic rings. The van der Waals surface area contributed by atoms with Crippen LogP contribution in [0.2, 0.25) is 0 Å². The molecule has 1 N–H and O–H groups in total. The van der Waals surface area contributed by atoms with Gasteiger partial charge in [-0.3, -0.25) is 9.59 Å². The van der Waals surface area contributed by atoms with Gasteiger partial charge in [0.15, 0.2) is 0 Å². The van der Waals surface area contributed by atoms with Crippen LogP contribution in [0.25, 0.3) is 54.3 Å². The van der Waals surface area contributed by atoms with E-state index >= 15 is 9.59 Å². The molecule has 0 bridgehead atoms. The molecule has 0 fully saturated rings. The van der Waals surface area contributed by atoms with Gasteiger partial charge in [0, 0.05) is 44.2 Å². The highest BCUT2D eigenvalue weighted by Crippen LogP contribution is 2.54. The van der Waals surface area contributed by atoms with Gasteiger partial charge in [0.05, 0.1) is 16.8 Å². The second-order valence-electron chi connectivity index (χ2n) is 26.4. The smallest absolute Gasteiger partial charge is 0.266 e. The molecule has 7 nitrogen and oxygen atoms in total. The lowest BCUT2D eigenvalue weighted by molar-refractivity contribution is 0.0892. The largest absolute Gasteiger partial charge is 0.457 e. The number of aromatic amines is 1. The Morgan fingerprint density at radius 3 is 1.34 bits per heavy atom. The zero-order valence-electron chi connectivity index (χ0n) is 48.5. The maximum absolute atomic E-state index is 15.9. The molecule has 1 aromatic heterocycles. The Balaban J connectivity index is 1.18. The first-order valence-electron chi connectivity index (χ1n) is 28.1.